The van der Waals surface area contributed by atoms with Gasteiger partial charge in [0.05, 0.1) is 24.9 Å². The molecule has 180 valence electrons. The van der Waals surface area contributed by atoms with Crippen molar-refractivity contribution in [3.63, 3.8) is 0 Å². The number of ether oxygens (including phenoxy) is 2. The Hall–Kier alpha value is -4.17. The van der Waals surface area contributed by atoms with Crippen LogP contribution in [-0.2, 0) is 4.79 Å². The highest BCUT2D eigenvalue weighted by Gasteiger charge is 2.13. The molecule has 0 radical (unpaired) electrons. The molecule has 8 nitrogen and oxygen atoms in total. The zero-order valence-electron chi connectivity index (χ0n) is 19.2. The Bertz CT molecular complexity index is 1240. The van der Waals surface area contributed by atoms with Crippen molar-refractivity contribution in [1.29, 1.82) is 0 Å². The fraction of sp³-hybridized carbons (Fsp3) is 0.154. The molecule has 35 heavy (non-hydrogen) atoms. The molecule has 0 aliphatic heterocycles. The molecule has 0 unspecified atom stereocenters. The molecule has 0 bridgehead atoms. The first-order chi connectivity index (χ1) is 16.9. The van der Waals surface area contributed by atoms with E-state index in [0.717, 1.165) is 5.56 Å². The Morgan fingerprint density at radius 1 is 0.971 bits per heavy atom. The third-order valence-electron chi connectivity index (χ3n) is 4.64. The summed E-state index contributed by atoms with van der Waals surface area (Å²) in [7, 11) is 0. The summed E-state index contributed by atoms with van der Waals surface area (Å²) >= 11 is 5.85. The van der Waals surface area contributed by atoms with Gasteiger partial charge in [0, 0.05) is 10.6 Å². The van der Waals surface area contributed by atoms with Crippen LogP contribution in [0.5, 0.6) is 11.5 Å². The number of hydrogen-bond donors (Lipinski definition) is 2. The maximum atomic E-state index is 12.4. The molecule has 3 aromatic rings. The zero-order valence-corrected chi connectivity index (χ0v) is 20.0. The number of nitrogens with one attached hydrogen (secondary N) is 2. The standard InChI is InChI=1S/C26H24ClN3O5/c1-3-34-23-14-18(7-12-22(23)35-26(33)19-8-10-21(27)11-9-19)15-29-30-24(31)16-28-25(32)20-6-4-5-17(2)13-20/h4-15H,3,16H2,1-2H3,(H,28,32)(H,30,31). The number of carbonyl (C=O) groups excluding carboxylic acids is 3. The summed E-state index contributed by atoms with van der Waals surface area (Å²) in [5.74, 6) is -0.801. The van der Waals surface area contributed by atoms with Gasteiger partial charge in [-0.25, -0.2) is 10.2 Å². The lowest BCUT2D eigenvalue weighted by Crippen LogP contribution is -2.34. The van der Waals surface area contributed by atoms with Gasteiger partial charge in [0.25, 0.3) is 11.8 Å². The third kappa shape index (κ3) is 7.68. The van der Waals surface area contributed by atoms with Gasteiger partial charge in [-0.05, 0) is 74.0 Å². The molecule has 0 aromatic heterocycles. The number of amides is 2. The van der Waals surface area contributed by atoms with E-state index in [1.54, 1.807) is 67.6 Å². The molecule has 0 heterocycles. The largest absolute Gasteiger partial charge is 0.490 e. The van der Waals surface area contributed by atoms with Crippen LogP contribution < -0.4 is 20.2 Å². The minimum Gasteiger partial charge on any atom is -0.490 e. The minimum absolute atomic E-state index is 0.228. The average molecular weight is 494 g/mol. The summed E-state index contributed by atoms with van der Waals surface area (Å²) in [4.78, 5) is 36.5. The molecule has 0 aliphatic carbocycles. The summed E-state index contributed by atoms with van der Waals surface area (Å²) < 4.78 is 11.0. The van der Waals surface area contributed by atoms with Crippen molar-refractivity contribution >= 4 is 35.6 Å². The number of hydrazone groups is 1. The number of nitrogens with zero attached hydrogens (tertiary/aromatic N) is 1. The Morgan fingerprint density at radius 2 is 1.74 bits per heavy atom. The average Bonchev–Trinajstić information content (AvgIpc) is 2.84. The zero-order chi connectivity index (χ0) is 25.2. The number of aryl methyl sites for hydroxylation is 1. The van der Waals surface area contributed by atoms with E-state index in [2.05, 4.69) is 15.8 Å². The van der Waals surface area contributed by atoms with E-state index in [9.17, 15) is 14.4 Å². The van der Waals surface area contributed by atoms with Crippen LogP contribution in [0.2, 0.25) is 5.02 Å². The highest BCUT2D eigenvalue weighted by Crippen LogP contribution is 2.29. The Balaban J connectivity index is 1.57. The number of rotatable bonds is 9. The first kappa shape index (κ1) is 25.5. The smallest absolute Gasteiger partial charge is 0.343 e. The van der Waals surface area contributed by atoms with E-state index in [-0.39, 0.29) is 18.2 Å². The third-order valence-corrected chi connectivity index (χ3v) is 4.89. The number of halogens is 1. The van der Waals surface area contributed by atoms with E-state index in [1.165, 1.54) is 6.21 Å². The fourth-order valence-electron chi connectivity index (χ4n) is 2.97. The van der Waals surface area contributed by atoms with E-state index < -0.39 is 11.9 Å². The summed E-state index contributed by atoms with van der Waals surface area (Å²) in [6, 6.07) is 18.3. The summed E-state index contributed by atoms with van der Waals surface area (Å²) in [5.41, 5.74) is 4.72. The Morgan fingerprint density at radius 3 is 2.46 bits per heavy atom. The van der Waals surface area contributed by atoms with Gasteiger partial charge < -0.3 is 14.8 Å². The van der Waals surface area contributed by atoms with Crippen molar-refractivity contribution < 1.29 is 23.9 Å². The van der Waals surface area contributed by atoms with Crippen molar-refractivity contribution in [2.24, 2.45) is 5.10 Å². The van der Waals surface area contributed by atoms with Crippen molar-refractivity contribution in [3.8, 4) is 11.5 Å². The van der Waals surface area contributed by atoms with Gasteiger partial charge in [-0.2, -0.15) is 5.10 Å². The first-order valence-corrected chi connectivity index (χ1v) is 11.1. The maximum absolute atomic E-state index is 12.4. The van der Waals surface area contributed by atoms with Crippen LogP contribution in [0.25, 0.3) is 0 Å². The molecule has 0 fully saturated rings. The van der Waals surface area contributed by atoms with Gasteiger partial charge >= 0.3 is 5.97 Å². The summed E-state index contributed by atoms with van der Waals surface area (Å²) in [6.07, 6.45) is 1.41. The molecule has 0 atom stereocenters. The molecule has 0 aliphatic rings. The molecular weight excluding hydrogens is 470 g/mol. The van der Waals surface area contributed by atoms with Gasteiger partial charge in [0.2, 0.25) is 0 Å². The predicted molar refractivity (Wildman–Crippen MR) is 133 cm³/mol. The lowest BCUT2D eigenvalue weighted by atomic mass is 10.1. The molecule has 2 amide bonds. The summed E-state index contributed by atoms with van der Waals surface area (Å²) in [5, 5.41) is 6.96. The van der Waals surface area contributed by atoms with Gasteiger partial charge in [0.15, 0.2) is 11.5 Å². The highest BCUT2D eigenvalue weighted by atomic mass is 35.5. The van der Waals surface area contributed by atoms with Crippen LogP contribution in [0.15, 0.2) is 71.8 Å². The van der Waals surface area contributed by atoms with E-state index in [4.69, 9.17) is 21.1 Å². The van der Waals surface area contributed by atoms with Gasteiger partial charge in [-0.15, -0.1) is 0 Å². The van der Waals surface area contributed by atoms with Gasteiger partial charge in [0.1, 0.15) is 0 Å². The Kier molecular flexibility index (Phi) is 8.97. The maximum Gasteiger partial charge on any atom is 0.343 e. The SMILES string of the molecule is CCOc1cc(C=NNC(=O)CNC(=O)c2cccc(C)c2)ccc1OC(=O)c1ccc(Cl)cc1. The van der Waals surface area contributed by atoms with Crippen molar-refractivity contribution in [3.05, 3.63) is 94.0 Å². The van der Waals surface area contributed by atoms with Crippen LogP contribution in [0.1, 0.15) is 38.8 Å². The second-order valence-electron chi connectivity index (χ2n) is 7.38. The Labute approximate surface area is 207 Å². The molecule has 0 saturated carbocycles. The topological polar surface area (TPSA) is 106 Å². The fourth-order valence-corrected chi connectivity index (χ4v) is 3.10. The number of benzene rings is 3. The number of esters is 1. The first-order valence-electron chi connectivity index (χ1n) is 10.8. The second-order valence-corrected chi connectivity index (χ2v) is 7.82. The van der Waals surface area contributed by atoms with Crippen LogP contribution in [0.3, 0.4) is 0 Å². The molecule has 2 N–H and O–H groups in total. The molecule has 3 rings (SSSR count). The number of carbonyl (C=O) groups is 3. The summed E-state index contributed by atoms with van der Waals surface area (Å²) in [6.45, 7) is 3.81. The second kappa shape index (κ2) is 12.3. The molecule has 3 aromatic carbocycles. The van der Waals surface area contributed by atoms with Crippen LogP contribution >= 0.6 is 11.6 Å². The van der Waals surface area contributed by atoms with Crippen LogP contribution in [0, 0.1) is 6.92 Å². The monoisotopic (exact) mass is 493 g/mol. The lowest BCUT2D eigenvalue weighted by molar-refractivity contribution is -0.120. The molecule has 0 saturated heterocycles. The van der Waals surface area contributed by atoms with Gasteiger partial charge in [-0.3, -0.25) is 9.59 Å². The van der Waals surface area contributed by atoms with Crippen LogP contribution in [-0.4, -0.2) is 37.1 Å². The molecule has 0 spiro atoms. The van der Waals surface area contributed by atoms with E-state index >= 15 is 0 Å². The van der Waals surface area contributed by atoms with Gasteiger partial charge in [-0.1, -0.05) is 29.3 Å². The quantitative estimate of drug-likeness (QED) is 0.201. The predicted octanol–water partition coefficient (Wildman–Crippen LogP) is 4.15. The minimum atomic E-state index is -0.552. The van der Waals surface area contributed by atoms with Crippen molar-refractivity contribution in [1.82, 2.24) is 10.7 Å². The molecule has 9 heteroatoms. The van der Waals surface area contributed by atoms with Crippen LogP contribution in [0.4, 0.5) is 0 Å². The van der Waals surface area contributed by atoms with Crippen molar-refractivity contribution in [2.75, 3.05) is 13.2 Å². The normalized spacial score (nSPS) is 10.6. The highest BCUT2D eigenvalue weighted by molar-refractivity contribution is 6.30. The van der Waals surface area contributed by atoms with E-state index in [1.807, 2.05) is 13.0 Å². The number of hydrogen-bond acceptors (Lipinski definition) is 6. The van der Waals surface area contributed by atoms with Crippen molar-refractivity contribution in [2.45, 2.75) is 13.8 Å². The van der Waals surface area contributed by atoms with E-state index in [0.29, 0.717) is 34.1 Å². The molecular formula is C26H24ClN3O5. The lowest BCUT2D eigenvalue weighted by Gasteiger charge is -2.11.